The molecule has 0 aliphatic carbocycles. The van der Waals surface area contributed by atoms with Crippen LogP contribution in [0.25, 0.3) is 0 Å². The fraction of sp³-hybridized carbons (Fsp3) is 0.333. The number of benzene rings is 2. The first-order valence-corrected chi connectivity index (χ1v) is 8.05. The maximum atomic E-state index is 3.45. The van der Waals surface area contributed by atoms with Gasteiger partial charge >= 0.3 is 0 Å². The van der Waals surface area contributed by atoms with E-state index in [1.807, 2.05) is 11.8 Å². The zero-order chi connectivity index (χ0) is 14.4. The van der Waals surface area contributed by atoms with E-state index in [2.05, 4.69) is 68.6 Å². The molecule has 20 heavy (non-hydrogen) atoms. The number of nitrogens with one attached hydrogen (secondary N) is 1. The first kappa shape index (κ1) is 15.1. The van der Waals surface area contributed by atoms with E-state index in [-0.39, 0.29) is 0 Å². The predicted octanol–water partition coefficient (Wildman–Crippen LogP) is 4.95. The van der Waals surface area contributed by atoms with E-state index in [9.17, 15) is 0 Å². The Balaban J connectivity index is 2.06. The van der Waals surface area contributed by atoms with Crippen LogP contribution in [-0.4, -0.2) is 6.54 Å². The second kappa shape index (κ2) is 7.51. The van der Waals surface area contributed by atoms with Gasteiger partial charge in [0, 0.05) is 16.3 Å². The lowest BCUT2D eigenvalue weighted by atomic mass is 10.1. The molecule has 0 aliphatic rings. The molecule has 0 bridgehead atoms. The van der Waals surface area contributed by atoms with Gasteiger partial charge in [-0.1, -0.05) is 48.5 Å². The molecule has 0 unspecified atom stereocenters. The van der Waals surface area contributed by atoms with Crippen molar-refractivity contribution in [1.82, 2.24) is 5.32 Å². The molecule has 0 heterocycles. The van der Waals surface area contributed by atoms with Crippen molar-refractivity contribution < 1.29 is 0 Å². The van der Waals surface area contributed by atoms with Crippen LogP contribution in [0.15, 0.2) is 52.3 Å². The highest BCUT2D eigenvalue weighted by atomic mass is 32.2. The van der Waals surface area contributed by atoms with Gasteiger partial charge in [0.25, 0.3) is 0 Å². The van der Waals surface area contributed by atoms with Crippen molar-refractivity contribution in [2.24, 2.45) is 0 Å². The summed E-state index contributed by atoms with van der Waals surface area (Å²) < 4.78 is 0. The van der Waals surface area contributed by atoms with Gasteiger partial charge < -0.3 is 5.32 Å². The van der Waals surface area contributed by atoms with E-state index in [1.165, 1.54) is 32.9 Å². The minimum Gasteiger partial charge on any atom is -0.313 e. The molecule has 1 N–H and O–H groups in total. The molecule has 2 aromatic rings. The highest BCUT2D eigenvalue weighted by molar-refractivity contribution is 7.99. The van der Waals surface area contributed by atoms with Crippen molar-refractivity contribution in [3.8, 4) is 0 Å². The Hall–Kier alpha value is -1.25. The summed E-state index contributed by atoms with van der Waals surface area (Å²) in [5.74, 6) is 0. The number of hydrogen-bond acceptors (Lipinski definition) is 2. The van der Waals surface area contributed by atoms with Gasteiger partial charge in [0.15, 0.2) is 0 Å². The fourth-order valence-corrected chi connectivity index (χ4v) is 3.15. The molecule has 0 radical (unpaired) electrons. The van der Waals surface area contributed by atoms with Crippen LogP contribution in [0, 0.1) is 13.8 Å². The predicted molar refractivity (Wildman–Crippen MR) is 88.5 cm³/mol. The minimum atomic E-state index is 0.962. The molecule has 0 spiro atoms. The third kappa shape index (κ3) is 4.39. The molecule has 2 rings (SSSR count). The summed E-state index contributed by atoms with van der Waals surface area (Å²) in [6.45, 7) is 8.57. The van der Waals surface area contributed by atoms with E-state index in [0.29, 0.717) is 0 Å². The molecule has 0 amide bonds. The quantitative estimate of drug-likeness (QED) is 0.753. The Morgan fingerprint density at radius 3 is 2.60 bits per heavy atom. The lowest BCUT2D eigenvalue weighted by molar-refractivity contribution is 0.675. The topological polar surface area (TPSA) is 12.0 Å². The normalized spacial score (nSPS) is 10.8. The molecule has 0 fully saturated rings. The first-order chi connectivity index (χ1) is 9.69. The highest BCUT2D eigenvalue weighted by Gasteiger charge is 2.03. The van der Waals surface area contributed by atoms with Gasteiger partial charge in [-0.05, 0) is 56.1 Å². The first-order valence-electron chi connectivity index (χ1n) is 7.24. The Morgan fingerprint density at radius 2 is 1.90 bits per heavy atom. The molecule has 2 aromatic carbocycles. The smallest absolute Gasteiger partial charge is 0.0205 e. The van der Waals surface area contributed by atoms with E-state index in [4.69, 9.17) is 0 Å². The van der Waals surface area contributed by atoms with Crippen LogP contribution in [-0.2, 0) is 6.54 Å². The summed E-state index contributed by atoms with van der Waals surface area (Å²) in [4.78, 5) is 2.65. The lowest BCUT2D eigenvalue weighted by Gasteiger charge is -2.09. The van der Waals surface area contributed by atoms with Gasteiger partial charge in [0.1, 0.15) is 0 Å². The zero-order valence-corrected chi connectivity index (χ0v) is 13.4. The molecular formula is C18H23NS. The van der Waals surface area contributed by atoms with Crippen molar-refractivity contribution in [3.05, 3.63) is 59.2 Å². The van der Waals surface area contributed by atoms with Gasteiger partial charge in [-0.25, -0.2) is 0 Å². The lowest BCUT2D eigenvalue weighted by Crippen LogP contribution is -2.13. The third-order valence-electron chi connectivity index (χ3n) is 3.21. The summed E-state index contributed by atoms with van der Waals surface area (Å²) in [5, 5.41) is 3.45. The Kier molecular flexibility index (Phi) is 5.69. The van der Waals surface area contributed by atoms with E-state index < -0.39 is 0 Å². The van der Waals surface area contributed by atoms with Gasteiger partial charge in [0.2, 0.25) is 0 Å². The average Bonchev–Trinajstić information content (AvgIpc) is 2.42. The minimum absolute atomic E-state index is 0.962. The SMILES string of the molecule is CCCNCc1ccc(Sc2cccc(C)c2)c(C)c1. The Bertz CT molecular complexity index is 563. The van der Waals surface area contributed by atoms with Crippen molar-refractivity contribution in [3.63, 3.8) is 0 Å². The third-order valence-corrected chi connectivity index (χ3v) is 4.38. The summed E-state index contributed by atoms with van der Waals surface area (Å²) >= 11 is 1.85. The molecule has 106 valence electrons. The number of hydrogen-bond donors (Lipinski definition) is 1. The molecule has 0 aromatic heterocycles. The van der Waals surface area contributed by atoms with Crippen LogP contribution in [0.3, 0.4) is 0 Å². The number of rotatable bonds is 6. The van der Waals surface area contributed by atoms with Crippen molar-refractivity contribution >= 4 is 11.8 Å². The summed E-state index contributed by atoms with van der Waals surface area (Å²) in [6.07, 6.45) is 1.18. The highest BCUT2D eigenvalue weighted by Crippen LogP contribution is 2.31. The largest absolute Gasteiger partial charge is 0.313 e. The zero-order valence-electron chi connectivity index (χ0n) is 12.6. The summed E-state index contributed by atoms with van der Waals surface area (Å²) in [7, 11) is 0. The number of aryl methyl sites for hydroxylation is 2. The monoisotopic (exact) mass is 285 g/mol. The second-order valence-corrected chi connectivity index (χ2v) is 6.31. The molecule has 0 saturated carbocycles. The Morgan fingerprint density at radius 1 is 1.05 bits per heavy atom. The van der Waals surface area contributed by atoms with Crippen LogP contribution < -0.4 is 5.32 Å². The van der Waals surface area contributed by atoms with Crippen LogP contribution >= 0.6 is 11.8 Å². The average molecular weight is 285 g/mol. The maximum absolute atomic E-state index is 3.45. The van der Waals surface area contributed by atoms with E-state index in [0.717, 1.165) is 13.1 Å². The van der Waals surface area contributed by atoms with Gasteiger partial charge in [-0.2, -0.15) is 0 Å². The van der Waals surface area contributed by atoms with Gasteiger partial charge in [-0.3, -0.25) is 0 Å². The molecule has 2 heteroatoms. The standard InChI is InChI=1S/C18H23NS/c1-4-10-19-13-16-8-9-18(15(3)12-16)20-17-7-5-6-14(2)11-17/h5-9,11-12,19H,4,10,13H2,1-3H3. The Labute approximate surface area is 126 Å². The van der Waals surface area contributed by atoms with Crippen LogP contribution in [0.1, 0.15) is 30.0 Å². The molecular weight excluding hydrogens is 262 g/mol. The molecule has 0 saturated heterocycles. The van der Waals surface area contributed by atoms with E-state index >= 15 is 0 Å². The van der Waals surface area contributed by atoms with Gasteiger partial charge in [-0.15, -0.1) is 0 Å². The van der Waals surface area contributed by atoms with E-state index in [1.54, 1.807) is 0 Å². The summed E-state index contributed by atoms with van der Waals surface area (Å²) in [6, 6.07) is 15.4. The van der Waals surface area contributed by atoms with Crippen LogP contribution in [0.2, 0.25) is 0 Å². The second-order valence-electron chi connectivity index (χ2n) is 5.20. The van der Waals surface area contributed by atoms with Crippen molar-refractivity contribution in [2.45, 2.75) is 43.5 Å². The maximum Gasteiger partial charge on any atom is 0.0205 e. The van der Waals surface area contributed by atoms with Crippen molar-refractivity contribution in [1.29, 1.82) is 0 Å². The van der Waals surface area contributed by atoms with Crippen LogP contribution in [0.4, 0.5) is 0 Å². The van der Waals surface area contributed by atoms with Crippen molar-refractivity contribution in [2.75, 3.05) is 6.54 Å². The molecule has 1 nitrogen and oxygen atoms in total. The van der Waals surface area contributed by atoms with Crippen LogP contribution in [0.5, 0.6) is 0 Å². The molecule has 0 aliphatic heterocycles. The summed E-state index contributed by atoms with van der Waals surface area (Å²) in [5.41, 5.74) is 4.03. The van der Waals surface area contributed by atoms with Gasteiger partial charge in [0.05, 0.1) is 0 Å². The fourth-order valence-electron chi connectivity index (χ4n) is 2.15. The molecule has 0 atom stereocenters.